The first-order valence-electron chi connectivity index (χ1n) is 8.58. The van der Waals surface area contributed by atoms with Crippen molar-refractivity contribution in [3.05, 3.63) is 54.1 Å². The number of anilines is 3. The van der Waals surface area contributed by atoms with E-state index in [9.17, 15) is 4.79 Å². The van der Waals surface area contributed by atoms with Crippen molar-refractivity contribution in [2.75, 3.05) is 16.8 Å². The van der Waals surface area contributed by atoms with Crippen molar-refractivity contribution in [3.8, 4) is 0 Å². The van der Waals surface area contributed by atoms with E-state index in [2.05, 4.69) is 40.5 Å². The number of amides is 1. The van der Waals surface area contributed by atoms with Gasteiger partial charge >= 0.3 is 0 Å². The lowest BCUT2D eigenvalue weighted by Gasteiger charge is -2.23. The molecule has 2 aromatic carbocycles. The number of carbonyl (C=O) groups excluding carboxylic acids is 1. The Morgan fingerprint density at radius 2 is 1.65 bits per heavy atom. The van der Waals surface area contributed by atoms with Gasteiger partial charge in [-0.25, -0.2) is 0 Å². The summed E-state index contributed by atoms with van der Waals surface area (Å²) in [5, 5.41) is 3.18. The third-order valence-corrected chi connectivity index (χ3v) is 5.07. The minimum atomic E-state index is 0.183. The van der Waals surface area contributed by atoms with Crippen LogP contribution in [0.2, 0.25) is 0 Å². The van der Waals surface area contributed by atoms with Crippen molar-refractivity contribution >= 4 is 23.0 Å². The normalized spacial score (nSPS) is 17.3. The van der Waals surface area contributed by atoms with Crippen LogP contribution in [0.4, 0.5) is 17.1 Å². The fourth-order valence-electron chi connectivity index (χ4n) is 3.83. The molecule has 118 valence electrons. The highest BCUT2D eigenvalue weighted by molar-refractivity contribution is 5.97. The third kappa shape index (κ3) is 2.72. The minimum Gasteiger partial charge on any atom is -0.339 e. The summed E-state index contributed by atoms with van der Waals surface area (Å²) in [7, 11) is 0. The zero-order chi connectivity index (χ0) is 15.6. The Labute approximate surface area is 137 Å². The Morgan fingerprint density at radius 3 is 2.48 bits per heavy atom. The summed E-state index contributed by atoms with van der Waals surface area (Å²) in [5.74, 6) is 0.372. The molecule has 0 spiro atoms. The zero-order valence-electron chi connectivity index (χ0n) is 13.3. The molecule has 1 aliphatic carbocycles. The molecule has 0 bridgehead atoms. The molecule has 0 aromatic heterocycles. The number of hydrogen-bond acceptors (Lipinski definition) is 2. The maximum Gasteiger partial charge on any atom is 0.227 e. The Balaban J connectivity index is 1.62. The van der Waals surface area contributed by atoms with Crippen LogP contribution >= 0.6 is 0 Å². The average Bonchev–Trinajstić information content (AvgIpc) is 3.25. The molecule has 2 aliphatic rings. The van der Waals surface area contributed by atoms with Gasteiger partial charge in [-0.15, -0.1) is 0 Å². The molecule has 1 fully saturated rings. The molecular formula is C20H22N2O. The number of hydrogen-bond donors (Lipinski definition) is 1. The van der Waals surface area contributed by atoms with Gasteiger partial charge in [-0.1, -0.05) is 43.2 Å². The quantitative estimate of drug-likeness (QED) is 0.905. The summed E-state index contributed by atoms with van der Waals surface area (Å²) in [6.45, 7) is 0.968. The molecular weight excluding hydrogens is 284 g/mol. The van der Waals surface area contributed by atoms with Crippen LogP contribution in [-0.2, 0) is 11.2 Å². The number of para-hydroxylation sites is 3. The minimum absolute atomic E-state index is 0.183. The first-order chi connectivity index (χ1) is 11.3. The summed E-state index contributed by atoms with van der Waals surface area (Å²) in [6, 6.07) is 16.7. The standard InChI is InChI=1S/C20H22N2O/c23-20(16-8-1-2-9-16)21-17-10-4-6-12-19(17)22-14-13-15-7-3-5-11-18(15)22/h3-7,10-12,16H,1-2,8-9,13-14H2,(H,21,23). The first kappa shape index (κ1) is 14.3. The lowest BCUT2D eigenvalue weighted by atomic mass is 10.1. The number of nitrogens with zero attached hydrogens (tertiary/aromatic N) is 1. The maximum absolute atomic E-state index is 12.5. The predicted octanol–water partition coefficient (Wildman–Crippen LogP) is 4.51. The van der Waals surface area contributed by atoms with Crippen molar-refractivity contribution in [1.82, 2.24) is 0 Å². The fourth-order valence-corrected chi connectivity index (χ4v) is 3.83. The second kappa shape index (κ2) is 6.07. The highest BCUT2D eigenvalue weighted by Gasteiger charge is 2.25. The maximum atomic E-state index is 12.5. The van der Waals surface area contributed by atoms with Gasteiger partial charge in [0.15, 0.2) is 0 Å². The SMILES string of the molecule is O=C(Nc1ccccc1N1CCc2ccccc21)C1CCCC1. The van der Waals surface area contributed by atoms with E-state index in [0.717, 1.165) is 37.2 Å². The van der Waals surface area contributed by atoms with Gasteiger partial charge in [0.05, 0.1) is 11.4 Å². The van der Waals surface area contributed by atoms with E-state index < -0.39 is 0 Å². The molecule has 2 aromatic rings. The van der Waals surface area contributed by atoms with E-state index in [1.807, 2.05) is 18.2 Å². The van der Waals surface area contributed by atoms with E-state index >= 15 is 0 Å². The average molecular weight is 306 g/mol. The van der Waals surface area contributed by atoms with E-state index in [0.29, 0.717) is 0 Å². The highest BCUT2D eigenvalue weighted by Crippen LogP contribution is 2.38. The van der Waals surface area contributed by atoms with Gasteiger partial charge in [0.2, 0.25) is 5.91 Å². The van der Waals surface area contributed by atoms with Crippen molar-refractivity contribution in [2.24, 2.45) is 5.92 Å². The molecule has 1 amide bonds. The molecule has 0 unspecified atom stereocenters. The lowest BCUT2D eigenvalue weighted by Crippen LogP contribution is -2.22. The van der Waals surface area contributed by atoms with Gasteiger partial charge in [-0.3, -0.25) is 4.79 Å². The zero-order valence-corrected chi connectivity index (χ0v) is 13.3. The number of carbonyl (C=O) groups is 1. The van der Waals surface area contributed by atoms with E-state index in [1.54, 1.807) is 0 Å². The Hall–Kier alpha value is -2.29. The third-order valence-electron chi connectivity index (χ3n) is 5.07. The molecule has 1 aliphatic heterocycles. The number of nitrogens with one attached hydrogen (secondary N) is 1. The van der Waals surface area contributed by atoms with Crippen molar-refractivity contribution in [1.29, 1.82) is 0 Å². The summed E-state index contributed by atoms with van der Waals surface area (Å²) in [6.07, 6.45) is 5.47. The highest BCUT2D eigenvalue weighted by atomic mass is 16.1. The molecule has 1 saturated carbocycles. The molecule has 3 nitrogen and oxygen atoms in total. The fraction of sp³-hybridized carbons (Fsp3) is 0.350. The Kier molecular flexibility index (Phi) is 3.78. The van der Waals surface area contributed by atoms with Crippen molar-refractivity contribution in [3.63, 3.8) is 0 Å². The summed E-state index contributed by atoms with van der Waals surface area (Å²) >= 11 is 0. The largest absolute Gasteiger partial charge is 0.339 e. The number of fused-ring (bicyclic) bond motifs is 1. The number of benzene rings is 2. The van der Waals surface area contributed by atoms with Crippen LogP contribution in [0.1, 0.15) is 31.2 Å². The van der Waals surface area contributed by atoms with Gasteiger partial charge in [0.1, 0.15) is 0 Å². The summed E-state index contributed by atoms with van der Waals surface area (Å²) < 4.78 is 0. The van der Waals surface area contributed by atoms with Crippen LogP contribution in [0.3, 0.4) is 0 Å². The van der Waals surface area contributed by atoms with Crippen LogP contribution in [0.5, 0.6) is 0 Å². The lowest BCUT2D eigenvalue weighted by molar-refractivity contribution is -0.119. The van der Waals surface area contributed by atoms with E-state index in [4.69, 9.17) is 0 Å². The molecule has 1 heterocycles. The van der Waals surface area contributed by atoms with Crippen LogP contribution in [0.25, 0.3) is 0 Å². The van der Waals surface area contributed by atoms with Gasteiger partial charge in [0, 0.05) is 18.2 Å². The van der Waals surface area contributed by atoms with Crippen molar-refractivity contribution < 1.29 is 4.79 Å². The van der Waals surface area contributed by atoms with Crippen LogP contribution in [0, 0.1) is 5.92 Å². The number of rotatable bonds is 3. The molecule has 0 atom stereocenters. The van der Waals surface area contributed by atoms with E-state index in [1.165, 1.54) is 24.1 Å². The molecule has 1 N–H and O–H groups in total. The molecule has 4 rings (SSSR count). The van der Waals surface area contributed by atoms with Gasteiger partial charge < -0.3 is 10.2 Å². The van der Waals surface area contributed by atoms with E-state index in [-0.39, 0.29) is 11.8 Å². The monoisotopic (exact) mass is 306 g/mol. The van der Waals surface area contributed by atoms with Crippen molar-refractivity contribution in [2.45, 2.75) is 32.1 Å². The van der Waals surface area contributed by atoms with Gasteiger partial charge in [-0.05, 0) is 43.0 Å². The predicted molar refractivity (Wildman–Crippen MR) is 94.2 cm³/mol. The van der Waals surface area contributed by atoms with Gasteiger partial charge in [0.25, 0.3) is 0 Å². The Bertz CT molecular complexity index is 719. The Morgan fingerprint density at radius 1 is 0.957 bits per heavy atom. The van der Waals surface area contributed by atoms with Crippen LogP contribution in [0.15, 0.2) is 48.5 Å². The molecule has 3 heteroatoms. The van der Waals surface area contributed by atoms with Crippen LogP contribution in [-0.4, -0.2) is 12.5 Å². The smallest absolute Gasteiger partial charge is 0.227 e. The van der Waals surface area contributed by atoms with Crippen LogP contribution < -0.4 is 10.2 Å². The molecule has 23 heavy (non-hydrogen) atoms. The molecule has 0 saturated heterocycles. The second-order valence-electron chi connectivity index (χ2n) is 6.52. The second-order valence-corrected chi connectivity index (χ2v) is 6.52. The summed E-state index contributed by atoms with van der Waals surface area (Å²) in [4.78, 5) is 14.8. The first-order valence-corrected chi connectivity index (χ1v) is 8.58. The topological polar surface area (TPSA) is 32.3 Å². The summed E-state index contributed by atoms with van der Waals surface area (Å²) in [5.41, 5.74) is 4.67. The molecule has 0 radical (unpaired) electrons. The van der Waals surface area contributed by atoms with Gasteiger partial charge in [-0.2, -0.15) is 0 Å².